The van der Waals surface area contributed by atoms with Crippen molar-refractivity contribution in [2.75, 3.05) is 13.1 Å². The third-order valence-corrected chi connectivity index (χ3v) is 2.05. The first-order valence-electron chi connectivity index (χ1n) is 4.97. The van der Waals surface area contributed by atoms with Gasteiger partial charge in [-0.1, -0.05) is 0 Å². The van der Waals surface area contributed by atoms with E-state index >= 15 is 0 Å². The summed E-state index contributed by atoms with van der Waals surface area (Å²) in [5.41, 5.74) is 0.176. The molecule has 18 heavy (non-hydrogen) atoms. The average molecular weight is 259 g/mol. The van der Waals surface area contributed by atoms with Crippen molar-refractivity contribution in [2.45, 2.75) is 6.54 Å². The van der Waals surface area contributed by atoms with Crippen LogP contribution in [0.1, 0.15) is 5.56 Å². The predicted octanol–water partition coefficient (Wildman–Crippen LogP) is 0.936. The summed E-state index contributed by atoms with van der Waals surface area (Å²) in [6.07, 6.45) is 0. The lowest BCUT2D eigenvalue weighted by Gasteiger charge is -2.17. The molecule has 0 fully saturated rings. The Kier molecular flexibility index (Phi) is 4.73. The van der Waals surface area contributed by atoms with Gasteiger partial charge < -0.3 is 10.2 Å². The maximum absolute atomic E-state index is 12.9. The molecule has 0 bridgehead atoms. The first-order chi connectivity index (χ1) is 8.36. The molecule has 98 valence electrons. The van der Waals surface area contributed by atoms with E-state index in [2.05, 4.69) is 0 Å². The summed E-state index contributed by atoms with van der Waals surface area (Å²) in [6, 6.07) is 2.74. The Hall–Kier alpha value is -2.02. The molecule has 0 saturated carbocycles. The van der Waals surface area contributed by atoms with Crippen LogP contribution in [0, 0.1) is 11.6 Å². The Labute approximate surface area is 101 Å². The number of hydrogen-bond donors (Lipinski definition) is 2. The molecule has 0 aliphatic rings. The number of halogens is 2. The van der Waals surface area contributed by atoms with E-state index < -0.39 is 36.7 Å². The Balaban J connectivity index is 2.80. The fourth-order valence-electron chi connectivity index (χ4n) is 1.51. The molecule has 0 atom stereocenters. The highest BCUT2D eigenvalue weighted by Crippen LogP contribution is 2.10. The minimum absolute atomic E-state index is 0.159. The second kappa shape index (κ2) is 6.06. The fourth-order valence-corrected chi connectivity index (χ4v) is 1.51. The van der Waals surface area contributed by atoms with Crippen LogP contribution >= 0.6 is 0 Å². The van der Waals surface area contributed by atoms with Crippen LogP contribution < -0.4 is 0 Å². The van der Waals surface area contributed by atoms with Gasteiger partial charge in [0.25, 0.3) is 0 Å². The molecule has 2 N–H and O–H groups in total. The van der Waals surface area contributed by atoms with Crippen molar-refractivity contribution < 1.29 is 28.6 Å². The molecule has 7 heteroatoms. The molecule has 0 saturated heterocycles. The zero-order chi connectivity index (χ0) is 13.7. The molecule has 0 spiro atoms. The smallest absolute Gasteiger partial charge is 0.317 e. The molecule has 0 aromatic heterocycles. The van der Waals surface area contributed by atoms with Crippen LogP contribution in [-0.2, 0) is 16.1 Å². The maximum Gasteiger partial charge on any atom is 0.317 e. The molecule has 0 heterocycles. The minimum Gasteiger partial charge on any atom is -0.480 e. The molecule has 0 radical (unpaired) electrons. The van der Waals surface area contributed by atoms with Gasteiger partial charge in [-0.15, -0.1) is 0 Å². The van der Waals surface area contributed by atoms with E-state index in [4.69, 9.17) is 10.2 Å². The first-order valence-corrected chi connectivity index (χ1v) is 4.97. The van der Waals surface area contributed by atoms with E-state index in [1.54, 1.807) is 0 Å². The largest absolute Gasteiger partial charge is 0.480 e. The Bertz CT molecular complexity index is 428. The van der Waals surface area contributed by atoms with E-state index in [1.807, 2.05) is 0 Å². The van der Waals surface area contributed by atoms with Gasteiger partial charge in [0.15, 0.2) is 0 Å². The van der Waals surface area contributed by atoms with Crippen molar-refractivity contribution >= 4 is 11.9 Å². The summed E-state index contributed by atoms with van der Waals surface area (Å²) >= 11 is 0. The van der Waals surface area contributed by atoms with E-state index in [-0.39, 0.29) is 12.1 Å². The van der Waals surface area contributed by atoms with Crippen LogP contribution in [0.25, 0.3) is 0 Å². The summed E-state index contributed by atoms with van der Waals surface area (Å²) in [5.74, 6) is -4.02. The van der Waals surface area contributed by atoms with Crippen LogP contribution in [0.2, 0.25) is 0 Å². The third-order valence-electron chi connectivity index (χ3n) is 2.05. The number of carboxylic acid groups (broad SMARTS) is 2. The van der Waals surface area contributed by atoms with Gasteiger partial charge in [0.05, 0.1) is 13.1 Å². The quantitative estimate of drug-likeness (QED) is 0.794. The normalized spacial score (nSPS) is 10.6. The molecule has 0 amide bonds. The zero-order valence-corrected chi connectivity index (χ0v) is 9.27. The van der Waals surface area contributed by atoms with Crippen LogP contribution in [0.4, 0.5) is 8.78 Å². The molecule has 1 aromatic rings. The summed E-state index contributed by atoms with van der Waals surface area (Å²) < 4.78 is 25.8. The number of carbonyl (C=O) groups is 2. The molecule has 0 aliphatic heterocycles. The van der Waals surface area contributed by atoms with Gasteiger partial charge in [-0.25, -0.2) is 8.78 Å². The fraction of sp³-hybridized carbons (Fsp3) is 0.273. The Morgan fingerprint density at radius 3 is 1.83 bits per heavy atom. The van der Waals surface area contributed by atoms with E-state index in [0.29, 0.717) is 6.07 Å². The number of nitrogens with zero attached hydrogens (tertiary/aromatic N) is 1. The first kappa shape index (κ1) is 14.0. The SMILES string of the molecule is O=C(O)CN(CC(=O)O)Cc1cc(F)cc(F)c1. The van der Waals surface area contributed by atoms with Crippen LogP contribution in [-0.4, -0.2) is 40.1 Å². The molecule has 1 aromatic carbocycles. The van der Waals surface area contributed by atoms with Gasteiger partial charge >= 0.3 is 11.9 Å². The van der Waals surface area contributed by atoms with Gasteiger partial charge in [-0.05, 0) is 17.7 Å². The van der Waals surface area contributed by atoms with Crippen molar-refractivity contribution in [2.24, 2.45) is 0 Å². The van der Waals surface area contributed by atoms with Gasteiger partial charge in [-0.2, -0.15) is 0 Å². The predicted molar refractivity (Wildman–Crippen MR) is 56.9 cm³/mol. The highest BCUT2D eigenvalue weighted by atomic mass is 19.1. The van der Waals surface area contributed by atoms with E-state index in [9.17, 15) is 18.4 Å². The highest BCUT2D eigenvalue weighted by Gasteiger charge is 2.14. The number of benzene rings is 1. The lowest BCUT2D eigenvalue weighted by molar-refractivity contribution is -0.142. The van der Waals surface area contributed by atoms with Gasteiger partial charge in [-0.3, -0.25) is 14.5 Å². The molecule has 1 rings (SSSR count). The van der Waals surface area contributed by atoms with Crippen molar-refractivity contribution in [3.8, 4) is 0 Å². The highest BCUT2D eigenvalue weighted by molar-refractivity contribution is 5.72. The van der Waals surface area contributed by atoms with Crippen LogP contribution in [0.5, 0.6) is 0 Å². The Morgan fingerprint density at radius 1 is 1.00 bits per heavy atom. The topological polar surface area (TPSA) is 77.8 Å². The molecule has 0 aliphatic carbocycles. The van der Waals surface area contributed by atoms with Gasteiger partial charge in [0.2, 0.25) is 0 Å². The lowest BCUT2D eigenvalue weighted by atomic mass is 10.2. The molecular weight excluding hydrogens is 248 g/mol. The summed E-state index contributed by atoms with van der Waals surface area (Å²) in [5, 5.41) is 17.2. The maximum atomic E-state index is 12.9. The number of aliphatic carboxylic acids is 2. The molecule has 5 nitrogen and oxygen atoms in total. The summed E-state index contributed by atoms with van der Waals surface area (Å²) in [7, 11) is 0. The van der Waals surface area contributed by atoms with Crippen molar-refractivity contribution in [3.05, 3.63) is 35.4 Å². The van der Waals surface area contributed by atoms with Gasteiger partial charge in [0.1, 0.15) is 11.6 Å². The Morgan fingerprint density at radius 2 is 1.44 bits per heavy atom. The zero-order valence-electron chi connectivity index (χ0n) is 9.27. The number of carboxylic acids is 2. The van der Waals surface area contributed by atoms with Crippen molar-refractivity contribution in [1.29, 1.82) is 0 Å². The van der Waals surface area contributed by atoms with Crippen LogP contribution in [0.3, 0.4) is 0 Å². The molecule has 0 unspecified atom stereocenters. The van der Waals surface area contributed by atoms with Gasteiger partial charge in [0, 0.05) is 12.6 Å². The standard InChI is InChI=1S/C11H11F2NO4/c12-8-1-7(2-9(13)3-8)4-14(5-10(15)16)6-11(17)18/h1-3H,4-6H2,(H,15,16)(H,17,18). The minimum atomic E-state index is -1.21. The third kappa shape index (κ3) is 4.88. The lowest BCUT2D eigenvalue weighted by Crippen LogP contribution is -2.34. The van der Waals surface area contributed by atoms with Crippen LogP contribution in [0.15, 0.2) is 18.2 Å². The average Bonchev–Trinajstić information content (AvgIpc) is 2.12. The number of hydrogen-bond acceptors (Lipinski definition) is 3. The number of rotatable bonds is 6. The summed E-state index contributed by atoms with van der Waals surface area (Å²) in [4.78, 5) is 22.1. The van der Waals surface area contributed by atoms with E-state index in [0.717, 1.165) is 17.0 Å². The van der Waals surface area contributed by atoms with E-state index in [1.165, 1.54) is 0 Å². The monoisotopic (exact) mass is 259 g/mol. The second-order valence-electron chi connectivity index (χ2n) is 3.71. The second-order valence-corrected chi connectivity index (χ2v) is 3.71. The summed E-state index contributed by atoms with van der Waals surface area (Å²) in [6.45, 7) is -1.21. The van der Waals surface area contributed by atoms with Crippen molar-refractivity contribution in [3.63, 3.8) is 0 Å². The van der Waals surface area contributed by atoms with Crippen molar-refractivity contribution in [1.82, 2.24) is 4.90 Å². The molecular formula is C11H11F2NO4.